The average Bonchev–Trinajstić information content (AvgIpc) is 2.40. The normalized spacial score (nSPS) is 11.2. The molecule has 0 aliphatic carbocycles. The van der Waals surface area contributed by atoms with E-state index in [1.165, 1.54) is 10.5 Å². The third-order valence-corrected chi connectivity index (χ3v) is 3.09. The van der Waals surface area contributed by atoms with E-state index in [0.717, 1.165) is 0 Å². The fourth-order valence-electron chi connectivity index (χ4n) is 2.00. The number of pyridine rings is 1. The topological polar surface area (TPSA) is 57.8 Å². The van der Waals surface area contributed by atoms with Crippen LogP contribution in [0.2, 0.25) is 5.02 Å². The van der Waals surface area contributed by atoms with Crippen LogP contribution in [-0.2, 0) is 6.54 Å². The van der Waals surface area contributed by atoms with Gasteiger partial charge in [0.2, 0.25) is 0 Å². The van der Waals surface area contributed by atoms with E-state index in [9.17, 15) is 4.79 Å². The van der Waals surface area contributed by atoms with Gasteiger partial charge < -0.3 is 5.11 Å². The monoisotopic (exact) mass is 293 g/mol. The van der Waals surface area contributed by atoms with Gasteiger partial charge >= 0.3 is 0 Å². The number of nitrogens with zero attached hydrogens (tertiary/aromatic N) is 3. The Bertz CT molecular complexity index is 669. The Kier molecular flexibility index (Phi) is 4.89. The van der Waals surface area contributed by atoms with Crippen molar-refractivity contribution in [3.05, 3.63) is 58.1 Å². The Balaban J connectivity index is 2.33. The van der Waals surface area contributed by atoms with Crippen LogP contribution in [0.3, 0.4) is 0 Å². The van der Waals surface area contributed by atoms with E-state index in [0.29, 0.717) is 36.0 Å². The molecule has 0 fully saturated rings. The zero-order valence-electron chi connectivity index (χ0n) is 11.0. The summed E-state index contributed by atoms with van der Waals surface area (Å²) in [4.78, 5) is 18.4. The molecule has 0 aliphatic heterocycles. The van der Waals surface area contributed by atoms with Crippen molar-refractivity contribution in [3.63, 3.8) is 0 Å². The number of aliphatic hydroxyl groups is 1. The van der Waals surface area contributed by atoms with Gasteiger partial charge in [-0.1, -0.05) is 17.7 Å². The summed E-state index contributed by atoms with van der Waals surface area (Å²) < 4.78 is 1.41. The number of fused-ring (bicyclic) bond motifs is 1. The molecule has 0 bridgehead atoms. The van der Waals surface area contributed by atoms with Crippen LogP contribution in [0.5, 0.6) is 0 Å². The standard InChI is InChI=1S/C14H16ClN3O2/c1-2-5-17(6-7-19)10-12-8-14(20)18-9-11(15)3-4-13(18)16-12/h2-4,8-9,19H,1,5-7,10H2. The molecule has 20 heavy (non-hydrogen) atoms. The highest BCUT2D eigenvalue weighted by molar-refractivity contribution is 6.30. The van der Waals surface area contributed by atoms with Gasteiger partial charge in [0.1, 0.15) is 5.65 Å². The summed E-state index contributed by atoms with van der Waals surface area (Å²) in [6, 6.07) is 4.89. The van der Waals surface area contributed by atoms with E-state index in [-0.39, 0.29) is 12.2 Å². The molecular formula is C14H16ClN3O2. The highest BCUT2D eigenvalue weighted by Crippen LogP contribution is 2.09. The van der Waals surface area contributed by atoms with Crippen molar-refractivity contribution in [2.75, 3.05) is 19.7 Å². The van der Waals surface area contributed by atoms with E-state index in [4.69, 9.17) is 16.7 Å². The summed E-state index contributed by atoms with van der Waals surface area (Å²) in [5.41, 5.74) is 1.04. The zero-order valence-corrected chi connectivity index (χ0v) is 11.8. The smallest absolute Gasteiger partial charge is 0.258 e. The van der Waals surface area contributed by atoms with Crippen LogP contribution in [0, 0.1) is 0 Å². The molecule has 2 heterocycles. The van der Waals surface area contributed by atoms with Crippen molar-refractivity contribution in [3.8, 4) is 0 Å². The van der Waals surface area contributed by atoms with E-state index in [1.807, 2.05) is 4.90 Å². The van der Waals surface area contributed by atoms with Gasteiger partial charge in [0.15, 0.2) is 0 Å². The highest BCUT2D eigenvalue weighted by Gasteiger charge is 2.08. The van der Waals surface area contributed by atoms with Crippen molar-refractivity contribution < 1.29 is 5.11 Å². The lowest BCUT2D eigenvalue weighted by Crippen LogP contribution is -2.28. The van der Waals surface area contributed by atoms with Gasteiger partial charge in [0.05, 0.1) is 17.3 Å². The van der Waals surface area contributed by atoms with Gasteiger partial charge in [-0.3, -0.25) is 14.1 Å². The van der Waals surface area contributed by atoms with Gasteiger partial charge in [0, 0.05) is 31.9 Å². The second-order valence-electron chi connectivity index (χ2n) is 4.41. The quantitative estimate of drug-likeness (QED) is 0.816. The van der Waals surface area contributed by atoms with Crippen LogP contribution in [0.1, 0.15) is 5.69 Å². The minimum atomic E-state index is -0.171. The maximum absolute atomic E-state index is 12.0. The van der Waals surface area contributed by atoms with Crippen LogP contribution in [0.15, 0.2) is 41.8 Å². The molecule has 5 nitrogen and oxygen atoms in total. The minimum Gasteiger partial charge on any atom is -0.395 e. The lowest BCUT2D eigenvalue weighted by molar-refractivity contribution is 0.202. The molecule has 1 N–H and O–H groups in total. The molecule has 2 aromatic rings. The first-order valence-corrected chi connectivity index (χ1v) is 6.64. The fraction of sp³-hybridized carbons (Fsp3) is 0.286. The number of hydrogen-bond donors (Lipinski definition) is 1. The maximum atomic E-state index is 12.0. The first kappa shape index (κ1) is 14.7. The largest absolute Gasteiger partial charge is 0.395 e. The molecule has 0 amide bonds. The lowest BCUT2D eigenvalue weighted by atomic mass is 10.3. The van der Waals surface area contributed by atoms with Gasteiger partial charge in [0.25, 0.3) is 5.56 Å². The first-order valence-electron chi connectivity index (χ1n) is 6.26. The summed E-state index contributed by atoms with van der Waals surface area (Å²) in [5, 5.41) is 9.51. The predicted molar refractivity (Wildman–Crippen MR) is 79.0 cm³/mol. The van der Waals surface area contributed by atoms with E-state index < -0.39 is 0 Å². The molecule has 2 rings (SSSR count). The maximum Gasteiger partial charge on any atom is 0.258 e. The predicted octanol–water partition coefficient (Wildman–Crippen LogP) is 1.33. The number of rotatable bonds is 6. The van der Waals surface area contributed by atoms with E-state index in [2.05, 4.69) is 11.6 Å². The Morgan fingerprint density at radius 1 is 1.50 bits per heavy atom. The molecule has 0 aliphatic rings. The average molecular weight is 294 g/mol. The summed E-state index contributed by atoms with van der Waals surface area (Å²) in [5.74, 6) is 0. The van der Waals surface area contributed by atoms with Gasteiger partial charge in [-0.05, 0) is 12.1 Å². The highest BCUT2D eigenvalue weighted by atomic mass is 35.5. The van der Waals surface area contributed by atoms with Gasteiger partial charge in [-0.15, -0.1) is 6.58 Å². The second-order valence-corrected chi connectivity index (χ2v) is 4.85. The summed E-state index contributed by atoms with van der Waals surface area (Å²) in [7, 11) is 0. The number of halogens is 1. The molecule has 2 aromatic heterocycles. The fourth-order valence-corrected chi connectivity index (χ4v) is 2.16. The Labute approximate surface area is 121 Å². The van der Waals surface area contributed by atoms with Gasteiger partial charge in [-0.25, -0.2) is 4.98 Å². The molecule has 0 unspecified atom stereocenters. The number of aromatic nitrogens is 2. The first-order chi connectivity index (χ1) is 9.63. The molecule has 6 heteroatoms. The third-order valence-electron chi connectivity index (χ3n) is 2.87. The van der Waals surface area contributed by atoms with Crippen LogP contribution < -0.4 is 5.56 Å². The third kappa shape index (κ3) is 3.45. The Hall–Kier alpha value is -1.69. The molecular weight excluding hydrogens is 278 g/mol. The van der Waals surface area contributed by atoms with Crippen LogP contribution in [0.25, 0.3) is 5.65 Å². The Morgan fingerprint density at radius 2 is 2.30 bits per heavy atom. The second kappa shape index (κ2) is 6.65. The molecule has 106 valence electrons. The summed E-state index contributed by atoms with van der Waals surface area (Å²) >= 11 is 5.86. The van der Waals surface area contributed by atoms with Crippen molar-refractivity contribution >= 4 is 17.2 Å². The number of aliphatic hydroxyl groups excluding tert-OH is 1. The summed E-state index contributed by atoms with van der Waals surface area (Å²) in [6.07, 6.45) is 3.30. The van der Waals surface area contributed by atoms with E-state index >= 15 is 0 Å². The molecule has 0 radical (unpaired) electrons. The molecule has 0 atom stereocenters. The van der Waals surface area contributed by atoms with Gasteiger partial charge in [-0.2, -0.15) is 0 Å². The molecule has 0 aromatic carbocycles. The minimum absolute atomic E-state index is 0.0516. The van der Waals surface area contributed by atoms with Crippen LogP contribution in [0.4, 0.5) is 0 Å². The van der Waals surface area contributed by atoms with Crippen LogP contribution >= 0.6 is 11.6 Å². The van der Waals surface area contributed by atoms with Crippen molar-refractivity contribution in [2.45, 2.75) is 6.54 Å². The molecule has 0 saturated carbocycles. The molecule has 0 saturated heterocycles. The van der Waals surface area contributed by atoms with Crippen molar-refractivity contribution in [1.82, 2.24) is 14.3 Å². The van der Waals surface area contributed by atoms with Crippen molar-refractivity contribution in [2.24, 2.45) is 0 Å². The lowest BCUT2D eigenvalue weighted by Gasteiger charge is -2.18. The SMILES string of the molecule is C=CCN(CCO)Cc1cc(=O)n2cc(Cl)ccc2n1. The Morgan fingerprint density at radius 3 is 3.00 bits per heavy atom. The van der Waals surface area contributed by atoms with Crippen molar-refractivity contribution in [1.29, 1.82) is 0 Å². The zero-order chi connectivity index (χ0) is 14.5. The molecule has 0 spiro atoms. The number of hydrogen-bond acceptors (Lipinski definition) is 4. The van der Waals surface area contributed by atoms with E-state index in [1.54, 1.807) is 24.4 Å². The summed E-state index contributed by atoms with van der Waals surface area (Å²) in [6.45, 7) is 5.35. The van der Waals surface area contributed by atoms with Crippen LogP contribution in [-0.4, -0.2) is 39.1 Å².